The molecule has 0 radical (unpaired) electrons. The molecule has 1 fully saturated rings. The Morgan fingerprint density at radius 1 is 1.04 bits per heavy atom. The van der Waals surface area contributed by atoms with Crippen molar-refractivity contribution in [1.29, 1.82) is 0 Å². The van der Waals surface area contributed by atoms with Gasteiger partial charge in [-0.05, 0) is 29.5 Å². The molecule has 0 aliphatic carbocycles. The number of benzene rings is 1. The van der Waals surface area contributed by atoms with Gasteiger partial charge in [-0.3, -0.25) is 9.59 Å². The number of amides is 2. The van der Waals surface area contributed by atoms with Gasteiger partial charge in [0.25, 0.3) is 0 Å². The van der Waals surface area contributed by atoms with Gasteiger partial charge in [-0.15, -0.1) is 0 Å². The lowest BCUT2D eigenvalue weighted by Crippen LogP contribution is -2.50. The molecule has 126 valence electrons. The summed E-state index contributed by atoms with van der Waals surface area (Å²) >= 11 is 0. The van der Waals surface area contributed by atoms with Crippen molar-refractivity contribution in [3.05, 3.63) is 34.9 Å². The highest BCUT2D eigenvalue weighted by atomic mass is 16.2. The van der Waals surface area contributed by atoms with E-state index in [-0.39, 0.29) is 11.8 Å². The largest absolute Gasteiger partial charge is 0.339 e. The van der Waals surface area contributed by atoms with E-state index in [1.165, 1.54) is 11.1 Å². The Balaban J connectivity index is 1.98. The molecule has 1 aromatic carbocycles. The molecule has 2 amide bonds. The van der Waals surface area contributed by atoms with E-state index in [0.717, 1.165) is 5.56 Å². The second-order valence-electron chi connectivity index (χ2n) is 6.63. The van der Waals surface area contributed by atoms with Crippen LogP contribution in [0, 0.1) is 6.92 Å². The lowest BCUT2D eigenvalue weighted by atomic mass is 9.96. The summed E-state index contributed by atoms with van der Waals surface area (Å²) in [7, 11) is 0. The zero-order valence-electron chi connectivity index (χ0n) is 14.8. The van der Waals surface area contributed by atoms with E-state index >= 15 is 0 Å². The summed E-state index contributed by atoms with van der Waals surface area (Å²) in [4.78, 5) is 28.0. The topological polar surface area (TPSA) is 40.6 Å². The minimum Gasteiger partial charge on any atom is -0.339 e. The molecule has 0 bridgehead atoms. The van der Waals surface area contributed by atoms with Crippen LogP contribution >= 0.6 is 0 Å². The van der Waals surface area contributed by atoms with Gasteiger partial charge < -0.3 is 9.80 Å². The van der Waals surface area contributed by atoms with E-state index in [9.17, 15) is 9.59 Å². The molecule has 23 heavy (non-hydrogen) atoms. The summed E-state index contributed by atoms with van der Waals surface area (Å²) in [5.41, 5.74) is 3.56. The first-order valence-corrected chi connectivity index (χ1v) is 8.57. The van der Waals surface area contributed by atoms with Crippen LogP contribution < -0.4 is 0 Å². The number of carbonyl (C=O) groups excluding carboxylic acids is 2. The van der Waals surface area contributed by atoms with Crippen molar-refractivity contribution in [2.45, 2.75) is 46.5 Å². The van der Waals surface area contributed by atoms with Gasteiger partial charge in [0.05, 0.1) is 6.42 Å². The molecule has 0 saturated carbocycles. The van der Waals surface area contributed by atoms with Crippen LogP contribution in [0.25, 0.3) is 0 Å². The predicted molar refractivity (Wildman–Crippen MR) is 92.4 cm³/mol. The quantitative estimate of drug-likeness (QED) is 0.857. The summed E-state index contributed by atoms with van der Waals surface area (Å²) in [5, 5.41) is 0. The zero-order valence-corrected chi connectivity index (χ0v) is 14.8. The van der Waals surface area contributed by atoms with Gasteiger partial charge in [0.2, 0.25) is 11.8 Å². The van der Waals surface area contributed by atoms with Gasteiger partial charge in [0.15, 0.2) is 0 Å². The van der Waals surface area contributed by atoms with Gasteiger partial charge in [-0.2, -0.15) is 0 Å². The van der Waals surface area contributed by atoms with Crippen LogP contribution in [0.1, 0.15) is 49.8 Å². The molecule has 0 unspecified atom stereocenters. The molecule has 1 aliphatic heterocycles. The number of piperazine rings is 1. The highest BCUT2D eigenvalue weighted by Gasteiger charge is 2.23. The standard InChI is InChI=1S/C19H28N2O2/c1-5-18(22)20-8-10-21(11-9-20)19(23)13-17-12-16(14(2)3)7-6-15(17)4/h6-7,12,14H,5,8-11,13H2,1-4H3. The van der Waals surface area contributed by atoms with Crippen molar-refractivity contribution < 1.29 is 9.59 Å². The Morgan fingerprint density at radius 3 is 2.13 bits per heavy atom. The summed E-state index contributed by atoms with van der Waals surface area (Å²) in [6.07, 6.45) is 0.989. The molecule has 1 aliphatic rings. The fourth-order valence-electron chi connectivity index (χ4n) is 2.94. The summed E-state index contributed by atoms with van der Waals surface area (Å²) in [6, 6.07) is 6.41. The van der Waals surface area contributed by atoms with E-state index in [2.05, 4.69) is 39.0 Å². The Hall–Kier alpha value is -1.84. The van der Waals surface area contributed by atoms with Crippen LogP contribution in [-0.4, -0.2) is 47.8 Å². The smallest absolute Gasteiger partial charge is 0.227 e. The molecule has 1 saturated heterocycles. The monoisotopic (exact) mass is 316 g/mol. The van der Waals surface area contributed by atoms with Crippen LogP contribution in [-0.2, 0) is 16.0 Å². The minimum atomic E-state index is 0.164. The number of hydrogen-bond acceptors (Lipinski definition) is 2. The predicted octanol–water partition coefficient (Wildman–Crippen LogP) is 2.74. The first kappa shape index (κ1) is 17.5. The van der Waals surface area contributed by atoms with E-state index in [0.29, 0.717) is 44.9 Å². The Bertz CT molecular complexity index is 573. The Morgan fingerprint density at radius 2 is 1.61 bits per heavy atom. The second-order valence-corrected chi connectivity index (χ2v) is 6.63. The van der Waals surface area contributed by atoms with E-state index in [1.807, 2.05) is 16.7 Å². The van der Waals surface area contributed by atoms with Crippen LogP contribution in [0.3, 0.4) is 0 Å². The molecule has 0 spiro atoms. The first-order chi connectivity index (χ1) is 10.9. The summed E-state index contributed by atoms with van der Waals surface area (Å²) < 4.78 is 0. The van der Waals surface area contributed by atoms with Crippen molar-refractivity contribution >= 4 is 11.8 Å². The van der Waals surface area contributed by atoms with Gasteiger partial charge in [0, 0.05) is 32.6 Å². The number of carbonyl (C=O) groups is 2. The number of hydrogen-bond donors (Lipinski definition) is 0. The van der Waals surface area contributed by atoms with Crippen LogP contribution in [0.2, 0.25) is 0 Å². The Labute approximate surface area is 139 Å². The van der Waals surface area contributed by atoms with Crippen molar-refractivity contribution in [3.63, 3.8) is 0 Å². The third-order valence-electron chi connectivity index (χ3n) is 4.67. The normalized spacial score (nSPS) is 15.2. The number of nitrogens with zero attached hydrogens (tertiary/aromatic N) is 2. The highest BCUT2D eigenvalue weighted by molar-refractivity contribution is 5.80. The maximum atomic E-state index is 12.6. The van der Waals surface area contributed by atoms with Gasteiger partial charge in [0.1, 0.15) is 0 Å². The third kappa shape index (κ3) is 4.34. The lowest BCUT2D eigenvalue weighted by molar-refractivity contribution is -0.139. The lowest BCUT2D eigenvalue weighted by Gasteiger charge is -2.34. The molecule has 2 rings (SSSR count). The van der Waals surface area contributed by atoms with Crippen molar-refractivity contribution in [2.75, 3.05) is 26.2 Å². The average Bonchev–Trinajstić information content (AvgIpc) is 2.56. The second kappa shape index (κ2) is 7.62. The maximum Gasteiger partial charge on any atom is 0.227 e. The number of aryl methyl sites for hydroxylation is 1. The van der Waals surface area contributed by atoms with Crippen molar-refractivity contribution in [2.24, 2.45) is 0 Å². The van der Waals surface area contributed by atoms with E-state index < -0.39 is 0 Å². The molecular weight excluding hydrogens is 288 g/mol. The van der Waals surface area contributed by atoms with E-state index in [1.54, 1.807) is 0 Å². The van der Waals surface area contributed by atoms with Crippen LogP contribution in [0.15, 0.2) is 18.2 Å². The zero-order chi connectivity index (χ0) is 17.0. The van der Waals surface area contributed by atoms with Gasteiger partial charge >= 0.3 is 0 Å². The highest BCUT2D eigenvalue weighted by Crippen LogP contribution is 2.19. The fourth-order valence-corrected chi connectivity index (χ4v) is 2.94. The Kier molecular flexibility index (Phi) is 5.80. The molecule has 1 heterocycles. The first-order valence-electron chi connectivity index (χ1n) is 8.57. The molecule has 0 aromatic heterocycles. The molecule has 4 heteroatoms. The van der Waals surface area contributed by atoms with Crippen LogP contribution in [0.4, 0.5) is 0 Å². The average molecular weight is 316 g/mol. The van der Waals surface area contributed by atoms with Gasteiger partial charge in [-0.25, -0.2) is 0 Å². The molecule has 0 atom stereocenters. The van der Waals surface area contributed by atoms with E-state index in [4.69, 9.17) is 0 Å². The third-order valence-corrected chi connectivity index (χ3v) is 4.67. The summed E-state index contributed by atoms with van der Waals surface area (Å²) in [6.45, 7) is 10.9. The minimum absolute atomic E-state index is 0.164. The molecule has 1 aromatic rings. The van der Waals surface area contributed by atoms with Crippen LogP contribution in [0.5, 0.6) is 0 Å². The number of rotatable bonds is 4. The molecular formula is C19H28N2O2. The molecule has 0 N–H and O–H groups in total. The SMILES string of the molecule is CCC(=O)N1CCN(C(=O)Cc2cc(C(C)C)ccc2C)CC1. The maximum absolute atomic E-state index is 12.6. The fraction of sp³-hybridized carbons (Fsp3) is 0.579. The molecule has 4 nitrogen and oxygen atoms in total. The van der Waals surface area contributed by atoms with Crippen molar-refractivity contribution in [3.8, 4) is 0 Å². The van der Waals surface area contributed by atoms with Crippen molar-refractivity contribution in [1.82, 2.24) is 9.80 Å². The summed E-state index contributed by atoms with van der Waals surface area (Å²) in [5.74, 6) is 0.809. The van der Waals surface area contributed by atoms with Gasteiger partial charge in [-0.1, -0.05) is 39.0 Å².